The van der Waals surface area contributed by atoms with E-state index in [0.717, 1.165) is 25.1 Å². The van der Waals surface area contributed by atoms with Crippen LogP contribution in [0.4, 0.5) is 10.1 Å². The number of nitrogens with zero attached hydrogens (tertiary/aromatic N) is 1. The predicted molar refractivity (Wildman–Crippen MR) is 67.2 cm³/mol. The van der Waals surface area contributed by atoms with Crippen LogP contribution in [0.25, 0.3) is 0 Å². The zero-order valence-corrected chi connectivity index (χ0v) is 10.3. The Morgan fingerprint density at radius 1 is 1.38 bits per heavy atom. The summed E-state index contributed by atoms with van der Waals surface area (Å²) in [6, 6.07) is 5.15. The molecule has 0 aliphatic carbocycles. The van der Waals surface area contributed by atoms with E-state index in [-0.39, 0.29) is 11.9 Å². The molecular weight excluding hydrogens is 203 g/mol. The van der Waals surface area contributed by atoms with Gasteiger partial charge in [0.2, 0.25) is 0 Å². The van der Waals surface area contributed by atoms with Crippen molar-refractivity contribution in [3.05, 3.63) is 29.6 Å². The molecule has 0 saturated carbocycles. The quantitative estimate of drug-likeness (QED) is 0.832. The molecular formula is C13H21FN2. The summed E-state index contributed by atoms with van der Waals surface area (Å²) in [5, 5.41) is 0. The van der Waals surface area contributed by atoms with Crippen LogP contribution in [0.1, 0.15) is 38.8 Å². The van der Waals surface area contributed by atoms with Crippen LogP contribution in [0.15, 0.2) is 18.2 Å². The van der Waals surface area contributed by atoms with Crippen molar-refractivity contribution in [3.8, 4) is 0 Å². The third-order valence-corrected chi connectivity index (χ3v) is 2.71. The highest BCUT2D eigenvalue weighted by molar-refractivity contribution is 5.49. The molecule has 0 radical (unpaired) electrons. The Hall–Kier alpha value is -1.09. The van der Waals surface area contributed by atoms with E-state index in [1.165, 1.54) is 0 Å². The molecule has 0 saturated heterocycles. The van der Waals surface area contributed by atoms with Gasteiger partial charge in [-0.25, -0.2) is 4.39 Å². The number of anilines is 1. The first-order valence-electron chi connectivity index (χ1n) is 5.90. The fourth-order valence-corrected chi connectivity index (χ4v) is 1.78. The van der Waals surface area contributed by atoms with Gasteiger partial charge < -0.3 is 10.6 Å². The van der Waals surface area contributed by atoms with Crippen molar-refractivity contribution < 1.29 is 4.39 Å². The first-order valence-corrected chi connectivity index (χ1v) is 5.90. The number of benzene rings is 1. The summed E-state index contributed by atoms with van der Waals surface area (Å²) in [7, 11) is 0. The average molecular weight is 224 g/mol. The SMILES string of the molecule is CCCN(CC)c1ccc(C(C)N)cc1F. The highest BCUT2D eigenvalue weighted by Crippen LogP contribution is 2.22. The standard InChI is InChI=1S/C13H21FN2/c1-4-8-16(5-2)13-7-6-11(10(3)15)9-12(13)14/h6-7,9-10H,4-5,8,15H2,1-3H3. The van der Waals surface area contributed by atoms with Crippen molar-refractivity contribution in [1.29, 1.82) is 0 Å². The van der Waals surface area contributed by atoms with E-state index in [1.54, 1.807) is 6.07 Å². The van der Waals surface area contributed by atoms with Crippen molar-refractivity contribution in [1.82, 2.24) is 0 Å². The van der Waals surface area contributed by atoms with Gasteiger partial charge in [-0.1, -0.05) is 13.0 Å². The summed E-state index contributed by atoms with van der Waals surface area (Å²) in [5.41, 5.74) is 7.24. The van der Waals surface area contributed by atoms with Gasteiger partial charge in [-0.3, -0.25) is 0 Å². The van der Waals surface area contributed by atoms with Gasteiger partial charge in [-0.15, -0.1) is 0 Å². The maximum atomic E-state index is 13.9. The Balaban J connectivity index is 2.96. The third kappa shape index (κ3) is 2.95. The van der Waals surface area contributed by atoms with Crippen molar-refractivity contribution in [3.63, 3.8) is 0 Å². The van der Waals surface area contributed by atoms with Gasteiger partial charge in [0, 0.05) is 19.1 Å². The van der Waals surface area contributed by atoms with Crippen molar-refractivity contribution in [2.24, 2.45) is 5.73 Å². The summed E-state index contributed by atoms with van der Waals surface area (Å²) in [6.07, 6.45) is 1.02. The second kappa shape index (κ2) is 5.85. The van der Waals surface area contributed by atoms with Gasteiger partial charge in [0.15, 0.2) is 0 Å². The van der Waals surface area contributed by atoms with Crippen LogP contribution in [0.5, 0.6) is 0 Å². The molecule has 90 valence electrons. The predicted octanol–water partition coefficient (Wildman–Crippen LogP) is 3.08. The lowest BCUT2D eigenvalue weighted by Gasteiger charge is -2.23. The molecule has 16 heavy (non-hydrogen) atoms. The van der Waals surface area contributed by atoms with E-state index < -0.39 is 0 Å². The highest BCUT2D eigenvalue weighted by Gasteiger charge is 2.10. The minimum atomic E-state index is -0.176. The molecule has 0 spiro atoms. The minimum absolute atomic E-state index is 0.121. The van der Waals surface area contributed by atoms with Gasteiger partial charge in [-0.2, -0.15) is 0 Å². The van der Waals surface area contributed by atoms with E-state index >= 15 is 0 Å². The molecule has 2 nitrogen and oxygen atoms in total. The Morgan fingerprint density at radius 2 is 2.06 bits per heavy atom. The number of halogens is 1. The Kier molecular flexibility index (Phi) is 4.74. The first kappa shape index (κ1) is 13.0. The number of hydrogen-bond donors (Lipinski definition) is 1. The Labute approximate surface area is 97.3 Å². The fraction of sp³-hybridized carbons (Fsp3) is 0.538. The summed E-state index contributed by atoms with van der Waals surface area (Å²) in [6.45, 7) is 7.69. The van der Waals surface area contributed by atoms with Crippen LogP contribution >= 0.6 is 0 Å². The van der Waals surface area contributed by atoms with E-state index in [1.807, 2.05) is 30.9 Å². The van der Waals surface area contributed by atoms with Crippen molar-refractivity contribution in [2.75, 3.05) is 18.0 Å². The molecule has 0 bridgehead atoms. The molecule has 0 aromatic heterocycles. The maximum Gasteiger partial charge on any atom is 0.146 e. The molecule has 1 rings (SSSR count). The molecule has 3 heteroatoms. The molecule has 1 unspecified atom stereocenters. The number of nitrogens with two attached hydrogens (primary N) is 1. The normalized spacial score (nSPS) is 12.6. The van der Waals surface area contributed by atoms with Crippen LogP contribution in [0, 0.1) is 5.82 Å². The lowest BCUT2D eigenvalue weighted by molar-refractivity contribution is 0.612. The number of hydrogen-bond acceptors (Lipinski definition) is 2. The van der Waals surface area contributed by atoms with Crippen LogP contribution in [0.3, 0.4) is 0 Å². The molecule has 0 aliphatic rings. The van der Waals surface area contributed by atoms with Crippen LogP contribution in [-0.2, 0) is 0 Å². The summed E-state index contributed by atoms with van der Waals surface area (Å²) >= 11 is 0. The van der Waals surface area contributed by atoms with Gasteiger partial charge in [0.25, 0.3) is 0 Å². The Morgan fingerprint density at radius 3 is 2.50 bits per heavy atom. The summed E-state index contributed by atoms with van der Waals surface area (Å²) in [4.78, 5) is 2.04. The molecule has 0 amide bonds. The van der Waals surface area contributed by atoms with Crippen LogP contribution in [0.2, 0.25) is 0 Å². The van der Waals surface area contributed by atoms with Crippen LogP contribution < -0.4 is 10.6 Å². The summed E-state index contributed by atoms with van der Waals surface area (Å²) < 4.78 is 13.9. The second-order valence-corrected chi connectivity index (χ2v) is 4.08. The fourth-order valence-electron chi connectivity index (χ4n) is 1.78. The molecule has 1 atom stereocenters. The van der Waals surface area contributed by atoms with Gasteiger partial charge in [-0.05, 0) is 38.0 Å². The van der Waals surface area contributed by atoms with Gasteiger partial charge in [0.05, 0.1) is 5.69 Å². The second-order valence-electron chi connectivity index (χ2n) is 4.08. The lowest BCUT2D eigenvalue weighted by atomic mass is 10.1. The van der Waals surface area contributed by atoms with Gasteiger partial charge >= 0.3 is 0 Å². The zero-order valence-electron chi connectivity index (χ0n) is 10.3. The van der Waals surface area contributed by atoms with E-state index in [9.17, 15) is 4.39 Å². The van der Waals surface area contributed by atoms with Crippen LogP contribution in [-0.4, -0.2) is 13.1 Å². The molecule has 0 fully saturated rings. The largest absolute Gasteiger partial charge is 0.369 e. The van der Waals surface area contributed by atoms with Crippen molar-refractivity contribution >= 4 is 5.69 Å². The van der Waals surface area contributed by atoms with Gasteiger partial charge in [0.1, 0.15) is 5.82 Å². The topological polar surface area (TPSA) is 29.3 Å². The molecule has 0 aliphatic heterocycles. The first-order chi connectivity index (χ1) is 7.60. The molecule has 2 N–H and O–H groups in total. The number of rotatable bonds is 5. The highest BCUT2D eigenvalue weighted by atomic mass is 19.1. The Bertz CT molecular complexity index is 337. The lowest BCUT2D eigenvalue weighted by Crippen LogP contribution is -2.24. The van der Waals surface area contributed by atoms with Crippen molar-refractivity contribution in [2.45, 2.75) is 33.2 Å². The maximum absolute atomic E-state index is 13.9. The third-order valence-electron chi connectivity index (χ3n) is 2.71. The average Bonchev–Trinajstić information content (AvgIpc) is 2.26. The smallest absolute Gasteiger partial charge is 0.146 e. The van der Waals surface area contributed by atoms with E-state index in [0.29, 0.717) is 5.69 Å². The molecule has 1 aromatic rings. The van der Waals surface area contributed by atoms with E-state index in [2.05, 4.69) is 6.92 Å². The minimum Gasteiger partial charge on any atom is -0.369 e. The monoisotopic (exact) mass is 224 g/mol. The molecule has 1 aromatic carbocycles. The summed E-state index contributed by atoms with van der Waals surface area (Å²) in [5.74, 6) is -0.176. The van der Waals surface area contributed by atoms with E-state index in [4.69, 9.17) is 5.73 Å². The molecule has 0 heterocycles. The zero-order chi connectivity index (χ0) is 12.1.